The van der Waals surface area contributed by atoms with Gasteiger partial charge in [0.25, 0.3) is 0 Å². The molecule has 0 aliphatic carbocycles. The van der Waals surface area contributed by atoms with Crippen molar-refractivity contribution in [3.63, 3.8) is 0 Å². The number of hydrogen-bond donors (Lipinski definition) is 1. The summed E-state index contributed by atoms with van der Waals surface area (Å²) >= 11 is 1.57. The quantitative estimate of drug-likeness (QED) is 0.630. The second-order valence-electron chi connectivity index (χ2n) is 6.64. The van der Waals surface area contributed by atoms with Crippen LogP contribution in [0.25, 0.3) is 11.3 Å². The van der Waals surface area contributed by atoms with Crippen molar-refractivity contribution in [3.05, 3.63) is 70.1 Å². The number of rotatable bonds is 6. The maximum atomic E-state index is 14.0. The van der Waals surface area contributed by atoms with Gasteiger partial charge in [-0.05, 0) is 51.2 Å². The van der Waals surface area contributed by atoms with Crippen molar-refractivity contribution in [2.75, 3.05) is 18.9 Å². The molecule has 1 unspecified atom stereocenters. The van der Waals surface area contributed by atoms with Gasteiger partial charge in [-0.1, -0.05) is 12.1 Å². The summed E-state index contributed by atoms with van der Waals surface area (Å²) in [6.07, 6.45) is 0. The molecule has 0 saturated heterocycles. The fourth-order valence-corrected chi connectivity index (χ4v) is 3.51. The van der Waals surface area contributed by atoms with E-state index in [1.807, 2.05) is 30.5 Å². The summed E-state index contributed by atoms with van der Waals surface area (Å²) in [7, 11) is 1.70. The first-order chi connectivity index (χ1) is 13.3. The fourth-order valence-electron chi connectivity index (χ4n) is 2.89. The minimum Gasteiger partial charge on any atom is -0.325 e. The molecule has 3 aromatic rings. The van der Waals surface area contributed by atoms with Crippen molar-refractivity contribution in [2.45, 2.75) is 19.9 Å². The van der Waals surface area contributed by atoms with Gasteiger partial charge >= 0.3 is 0 Å². The molecule has 146 valence electrons. The molecular formula is C21H21F2N3OS. The highest BCUT2D eigenvalue weighted by atomic mass is 32.1. The maximum absolute atomic E-state index is 14.0. The minimum absolute atomic E-state index is 0.0388. The summed E-state index contributed by atoms with van der Waals surface area (Å²) in [4.78, 5) is 18.5. The van der Waals surface area contributed by atoms with Crippen LogP contribution in [0.2, 0.25) is 0 Å². The zero-order chi connectivity index (χ0) is 20.3. The van der Waals surface area contributed by atoms with Crippen molar-refractivity contribution in [3.8, 4) is 11.3 Å². The van der Waals surface area contributed by atoms with E-state index in [-0.39, 0.29) is 18.0 Å². The number of hydrogen-bond acceptors (Lipinski definition) is 4. The molecule has 4 nitrogen and oxygen atoms in total. The highest BCUT2D eigenvalue weighted by molar-refractivity contribution is 7.09. The van der Waals surface area contributed by atoms with Gasteiger partial charge in [-0.3, -0.25) is 9.69 Å². The number of nitrogens with zero attached hydrogens (tertiary/aromatic N) is 2. The maximum Gasteiger partial charge on any atom is 0.238 e. The van der Waals surface area contributed by atoms with E-state index in [4.69, 9.17) is 0 Å². The molecule has 0 bridgehead atoms. The molecule has 1 atom stereocenters. The molecule has 7 heteroatoms. The number of halogens is 2. The van der Waals surface area contributed by atoms with Gasteiger partial charge in [0.05, 0.1) is 17.2 Å². The second-order valence-corrected chi connectivity index (χ2v) is 7.70. The lowest BCUT2D eigenvalue weighted by Crippen LogP contribution is -2.32. The number of aromatic nitrogens is 1. The van der Waals surface area contributed by atoms with Gasteiger partial charge in [-0.15, -0.1) is 11.3 Å². The van der Waals surface area contributed by atoms with E-state index < -0.39 is 17.7 Å². The molecule has 1 amide bonds. The summed E-state index contributed by atoms with van der Waals surface area (Å²) in [5.74, 6) is -1.24. The minimum atomic E-state index is -0.504. The predicted molar refractivity (Wildman–Crippen MR) is 108 cm³/mol. The fraction of sp³-hybridized carbons (Fsp3) is 0.238. The van der Waals surface area contributed by atoms with Crippen LogP contribution in [0.1, 0.15) is 23.5 Å². The van der Waals surface area contributed by atoms with Crippen LogP contribution in [0, 0.1) is 18.6 Å². The summed E-state index contributed by atoms with van der Waals surface area (Å²) in [6, 6.07) is 10.3. The molecule has 0 aliphatic rings. The van der Waals surface area contributed by atoms with Crippen LogP contribution >= 0.6 is 11.3 Å². The average molecular weight is 401 g/mol. The van der Waals surface area contributed by atoms with Crippen molar-refractivity contribution in [2.24, 2.45) is 0 Å². The van der Waals surface area contributed by atoms with Crippen LogP contribution in [0.4, 0.5) is 14.5 Å². The van der Waals surface area contributed by atoms with Crippen molar-refractivity contribution >= 4 is 22.9 Å². The first-order valence-electron chi connectivity index (χ1n) is 8.81. The van der Waals surface area contributed by atoms with Crippen LogP contribution in [-0.4, -0.2) is 29.4 Å². The van der Waals surface area contributed by atoms with Gasteiger partial charge in [0.15, 0.2) is 0 Å². The summed E-state index contributed by atoms with van der Waals surface area (Å²) < 4.78 is 27.4. The summed E-state index contributed by atoms with van der Waals surface area (Å²) in [5, 5.41) is 5.80. The van der Waals surface area contributed by atoms with Gasteiger partial charge in [-0.25, -0.2) is 13.8 Å². The highest BCUT2D eigenvalue weighted by Crippen LogP contribution is 2.25. The SMILES string of the molecule is Cc1nc(-c2cccc(NC(=O)CN(C)C(C)c3cc(F)ccc3F)c2)cs1. The third-order valence-corrected chi connectivity index (χ3v) is 5.30. The lowest BCUT2D eigenvalue weighted by Gasteiger charge is -2.25. The molecule has 0 spiro atoms. The van der Waals surface area contributed by atoms with Crippen LogP contribution in [0.3, 0.4) is 0 Å². The van der Waals surface area contributed by atoms with Crippen LogP contribution in [0.5, 0.6) is 0 Å². The number of anilines is 1. The molecule has 1 aromatic heterocycles. The van der Waals surface area contributed by atoms with Gasteiger partial charge in [0.2, 0.25) is 5.91 Å². The van der Waals surface area contributed by atoms with E-state index >= 15 is 0 Å². The first kappa shape index (κ1) is 20.1. The second kappa shape index (κ2) is 8.58. The largest absolute Gasteiger partial charge is 0.325 e. The van der Waals surface area contributed by atoms with E-state index in [1.54, 1.807) is 36.3 Å². The predicted octanol–water partition coefficient (Wildman–Crippen LogP) is 5.03. The number of nitrogens with one attached hydrogen (secondary N) is 1. The number of carbonyl (C=O) groups excluding carboxylic acids is 1. The smallest absolute Gasteiger partial charge is 0.238 e. The van der Waals surface area contributed by atoms with E-state index in [9.17, 15) is 13.6 Å². The molecular weight excluding hydrogens is 380 g/mol. The molecule has 28 heavy (non-hydrogen) atoms. The summed E-state index contributed by atoms with van der Waals surface area (Å²) in [6.45, 7) is 3.71. The van der Waals surface area contributed by atoms with Gasteiger partial charge < -0.3 is 5.32 Å². The lowest BCUT2D eigenvalue weighted by atomic mass is 10.1. The Balaban J connectivity index is 1.66. The molecule has 0 saturated carbocycles. The Hall–Kier alpha value is -2.64. The van der Waals surface area contributed by atoms with Crippen molar-refractivity contribution in [1.82, 2.24) is 9.88 Å². The van der Waals surface area contributed by atoms with E-state index in [0.29, 0.717) is 5.69 Å². The third kappa shape index (κ3) is 4.79. The Morgan fingerprint density at radius 1 is 1.25 bits per heavy atom. The van der Waals surface area contributed by atoms with Gasteiger partial charge in [0.1, 0.15) is 11.6 Å². The van der Waals surface area contributed by atoms with Crippen LogP contribution in [-0.2, 0) is 4.79 Å². The Kier molecular flexibility index (Phi) is 6.16. The van der Waals surface area contributed by atoms with E-state index in [0.717, 1.165) is 34.5 Å². The zero-order valence-electron chi connectivity index (χ0n) is 15.9. The Labute approximate surface area is 166 Å². The molecule has 1 heterocycles. The molecule has 0 radical (unpaired) electrons. The monoisotopic (exact) mass is 401 g/mol. The third-order valence-electron chi connectivity index (χ3n) is 4.52. The molecule has 3 rings (SSSR count). The highest BCUT2D eigenvalue weighted by Gasteiger charge is 2.19. The average Bonchev–Trinajstić information content (AvgIpc) is 3.09. The molecule has 0 fully saturated rings. The molecule has 1 N–H and O–H groups in total. The number of aryl methyl sites for hydroxylation is 1. The van der Waals surface area contributed by atoms with E-state index in [1.165, 1.54) is 0 Å². The van der Waals surface area contributed by atoms with E-state index in [2.05, 4.69) is 10.3 Å². The normalized spacial score (nSPS) is 12.2. The molecule has 2 aromatic carbocycles. The van der Waals surface area contributed by atoms with Crippen molar-refractivity contribution in [1.29, 1.82) is 0 Å². The number of carbonyl (C=O) groups is 1. The number of likely N-dealkylation sites (N-methyl/N-ethyl adjacent to an activating group) is 1. The first-order valence-corrected chi connectivity index (χ1v) is 9.69. The zero-order valence-corrected chi connectivity index (χ0v) is 16.7. The van der Waals surface area contributed by atoms with Gasteiger partial charge in [-0.2, -0.15) is 0 Å². The van der Waals surface area contributed by atoms with Crippen LogP contribution in [0.15, 0.2) is 47.8 Å². The Morgan fingerprint density at radius 3 is 2.75 bits per heavy atom. The lowest BCUT2D eigenvalue weighted by molar-refractivity contribution is -0.117. The molecule has 0 aliphatic heterocycles. The number of benzene rings is 2. The Bertz CT molecular complexity index is 989. The van der Waals surface area contributed by atoms with Gasteiger partial charge in [0, 0.05) is 28.2 Å². The van der Waals surface area contributed by atoms with Crippen LogP contribution < -0.4 is 5.32 Å². The Morgan fingerprint density at radius 2 is 2.04 bits per heavy atom. The van der Waals surface area contributed by atoms with Crippen molar-refractivity contribution < 1.29 is 13.6 Å². The number of thiazole rings is 1. The number of amides is 1. The topological polar surface area (TPSA) is 45.2 Å². The standard InChI is InChI=1S/C21H21F2N3OS/c1-13(18-10-16(22)7-8-19(18)23)26(3)11-21(27)25-17-6-4-5-15(9-17)20-12-28-14(2)24-20/h4-10,12-13H,11H2,1-3H3,(H,25,27). The summed E-state index contributed by atoms with van der Waals surface area (Å²) in [5.41, 5.74) is 2.67.